The Morgan fingerprint density at radius 2 is 2.17 bits per heavy atom. The molecule has 1 aromatic carbocycles. The summed E-state index contributed by atoms with van der Waals surface area (Å²) < 4.78 is 0. The number of nitrogens with two attached hydrogens (primary N) is 1. The number of hydrogen-bond acceptors (Lipinski definition) is 4. The molecule has 0 aliphatic carbocycles. The molecule has 1 heterocycles. The summed E-state index contributed by atoms with van der Waals surface area (Å²) in [5.41, 5.74) is 8.08. The normalized spacial score (nSPS) is 10.1. The predicted octanol–water partition coefficient (Wildman–Crippen LogP) is 2.82. The van der Waals surface area contributed by atoms with Crippen molar-refractivity contribution in [3.8, 4) is 0 Å². The maximum Gasteiger partial charge on any atom is 0.163 e. The van der Waals surface area contributed by atoms with Gasteiger partial charge < -0.3 is 11.1 Å². The minimum absolute atomic E-state index is 0.260. The van der Waals surface area contributed by atoms with E-state index in [9.17, 15) is 0 Å². The van der Waals surface area contributed by atoms with Gasteiger partial charge in [0.05, 0.1) is 22.5 Å². The van der Waals surface area contributed by atoms with Crippen LogP contribution in [0.5, 0.6) is 0 Å². The van der Waals surface area contributed by atoms with Gasteiger partial charge in [0, 0.05) is 0 Å². The molecule has 0 radical (unpaired) electrons. The lowest BCUT2D eigenvalue weighted by Gasteiger charge is -2.10. The topological polar surface area (TPSA) is 63.8 Å². The van der Waals surface area contributed by atoms with Crippen LogP contribution in [0.2, 0.25) is 5.02 Å². The van der Waals surface area contributed by atoms with Crippen molar-refractivity contribution in [3.63, 3.8) is 0 Å². The lowest BCUT2D eigenvalue weighted by molar-refractivity contribution is 1.03. The van der Waals surface area contributed by atoms with Crippen molar-refractivity contribution in [2.45, 2.75) is 6.92 Å². The Labute approximate surface area is 115 Å². The number of aromatic nitrogens is 2. The minimum Gasteiger partial charge on any atom is -0.389 e. The Balaban J connectivity index is 2.37. The van der Waals surface area contributed by atoms with Crippen LogP contribution < -0.4 is 11.1 Å². The number of nitrogens with zero attached hydrogens (tertiary/aromatic N) is 2. The van der Waals surface area contributed by atoms with E-state index in [1.54, 1.807) is 6.07 Å². The van der Waals surface area contributed by atoms with Crippen LogP contribution in [0.1, 0.15) is 11.1 Å². The van der Waals surface area contributed by atoms with Gasteiger partial charge in [-0.05, 0) is 30.7 Å². The van der Waals surface area contributed by atoms with E-state index in [4.69, 9.17) is 29.6 Å². The van der Waals surface area contributed by atoms with Crippen LogP contribution in [0.15, 0.2) is 30.5 Å². The summed E-state index contributed by atoms with van der Waals surface area (Å²) in [6.45, 7) is 1.97. The highest BCUT2D eigenvalue weighted by Gasteiger charge is 2.08. The van der Waals surface area contributed by atoms with Gasteiger partial charge in [-0.2, -0.15) is 5.10 Å². The summed E-state index contributed by atoms with van der Waals surface area (Å²) in [5.74, 6) is 0.496. The van der Waals surface area contributed by atoms with E-state index in [1.165, 1.54) is 6.20 Å². The van der Waals surface area contributed by atoms with Gasteiger partial charge in [0.1, 0.15) is 4.99 Å². The summed E-state index contributed by atoms with van der Waals surface area (Å²) in [5, 5.41) is 11.5. The third-order valence-electron chi connectivity index (χ3n) is 2.36. The molecule has 0 spiro atoms. The van der Waals surface area contributed by atoms with Gasteiger partial charge in [-0.1, -0.05) is 29.9 Å². The third kappa shape index (κ3) is 2.75. The van der Waals surface area contributed by atoms with Gasteiger partial charge in [0.15, 0.2) is 5.82 Å². The predicted molar refractivity (Wildman–Crippen MR) is 77.4 cm³/mol. The quantitative estimate of drug-likeness (QED) is 0.845. The zero-order valence-corrected chi connectivity index (χ0v) is 11.2. The SMILES string of the molecule is Cc1ccc(Nc2nnccc2C(N)=S)c(Cl)c1. The van der Waals surface area contributed by atoms with Crippen molar-refractivity contribution >= 4 is 40.3 Å². The molecule has 2 rings (SSSR count). The Morgan fingerprint density at radius 1 is 1.39 bits per heavy atom. The summed E-state index contributed by atoms with van der Waals surface area (Å²) in [6, 6.07) is 7.39. The Hall–Kier alpha value is -1.72. The second kappa shape index (κ2) is 5.29. The van der Waals surface area contributed by atoms with Crippen molar-refractivity contribution in [1.82, 2.24) is 10.2 Å². The molecule has 0 atom stereocenters. The highest BCUT2D eigenvalue weighted by Crippen LogP contribution is 2.26. The van der Waals surface area contributed by atoms with Gasteiger partial charge in [-0.15, -0.1) is 5.10 Å². The van der Waals surface area contributed by atoms with Crippen molar-refractivity contribution < 1.29 is 0 Å². The molecular weight excluding hydrogens is 268 g/mol. The molecule has 3 N–H and O–H groups in total. The lowest BCUT2D eigenvalue weighted by Crippen LogP contribution is -2.13. The fraction of sp³-hybridized carbons (Fsp3) is 0.0833. The van der Waals surface area contributed by atoms with E-state index in [1.807, 2.05) is 25.1 Å². The molecule has 0 aliphatic heterocycles. The first-order valence-electron chi connectivity index (χ1n) is 5.22. The average Bonchev–Trinajstić information content (AvgIpc) is 2.33. The zero-order valence-electron chi connectivity index (χ0n) is 9.64. The van der Waals surface area contributed by atoms with E-state index in [-0.39, 0.29) is 4.99 Å². The van der Waals surface area contributed by atoms with Gasteiger partial charge in [-0.25, -0.2) is 0 Å². The molecule has 0 unspecified atom stereocenters. The number of aryl methyl sites for hydroxylation is 1. The number of benzene rings is 1. The Bertz CT molecular complexity index is 600. The maximum atomic E-state index is 6.14. The molecule has 6 heteroatoms. The number of nitrogens with one attached hydrogen (secondary N) is 1. The van der Waals surface area contributed by atoms with E-state index < -0.39 is 0 Å². The van der Waals surface area contributed by atoms with Crippen molar-refractivity contribution in [2.75, 3.05) is 5.32 Å². The first-order chi connectivity index (χ1) is 8.58. The van der Waals surface area contributed by atoms with Gasteiger partial charge >= 0.3 is 0 Å². The molecule has 92 valence electrons. The number of thiocarbonyl (C=S) groups is 1. The zero-order chi connectivity index (χ0) is 13.1. The third-order valence-corrected chi connectivity index (χ3v) is 2.90. The summed E-state index contributed by atoms with van der Waals surface area (Å²) in [7, 11) is 0. The van der Waals surface area contributed by atoms with Crippen LogP contribution >= 0.6 is 23.8 Å². The standard InChI is InChI=1S/C12H11ClN4S/c1-7-2-3-10(9(13)6-7)16-12-8(11(14)18)4-5-15-17-12/h2-6H,1H3,(H2,14,18)(H,16,17). The van der Waals surface area contributed by atoms with Crippen LogP contribution in [0.4, 0.5) is 11.5 Å². The first kappa shape index (κ1) is 12.7. The molecule has 18 heavy (non-hydrogen) atoms. The van der Waals surface area contributed by atoms with Crippen molar-refractivity contribution in [1.29, 1.82) is 0 Å². The second-order valence-corrected chi connectivity index (χ2v) is 4.61. The molecule has 0 aliphatic rings. The van der Waals surface area contributed by atoms with E-state index >= 15 is 0 Å². The van der Waals surface area contributed by atoms with E-state index in [0.29, 0.717) is 16.4 Å². The van der Waals surface area contributed by atoms with Crippen LogP contribution in [0.25, 0.3) is 0 Å². The number of halogens is 1. The molecule has 1 aromatic heterocycles. The smallest absolute Gasteiger partial charge is 0.163 e. The second-order valence-electron chi connectivity index (χ2n) is 3.77. The van der Waals surface area contributed by atoms with Crippen LogP contribution in [0, 0.1) is 6.92 Å². The highest BCUT2D eigenvalue weighted by atomic mass is 35.5. The fourth-order valence-corrected chi connectivity index (χ4v) is 1.92. The van der Waals surface area contributed by atoms with Crippen molar-refractivity contribution in [3.05, 3.63) is 46.6 Å². The number of anilines is 2. The minimum atomic E-state index is 0.260. The summed E-state index contributed by atoms with van der Waals surface area (Å²) in [6.07, 6.45) is 1.54. The van der Waals surface area contributed by atoms with Crippen LogP contribution in [0.3, 0.4) is 0 Å². The summed E-state index contributed by atoms with van der Waals surface area (Å²) in [4.78, 5) is 0.260. The number of hydrogen-bond donors (Lipinski definition) is 2. The maximum absolute atomic E-state index is 6.14. The largest absolute Gasteiger partial charge is 0.389 e. The Morgan fingerprint density at radius 3 is 2.83 bits per heavy atom. The van der Waals surface area contributed by atoms with E-state index in [0.717, 1.165) is 11.3 Å². The molecule has 0 saturated heterocycles. The Kier molecular flexibility index (Phi) is 3.74. The molecule has 0 fully saturated rings. The van der Waals surface area contributed by atoms with Crippen molar-refractivity contribution in [2.24, 2.45) is 5.73 Å². The molecule has 0 saturated carbocycles. The lowest BCUT2D eigenvalue weighted by atomic mass is 10.2. The monoisotopic (exact) mass is 278 g/mol. The molecule has 2 aromatic rings. The average molecular weight is 279 g/mol. The van der Waals surface area contributed by atoms with E-state index in [2.05, 4.69) is 15.5 Å². The molecular formula is C12H11ClN4S. The van der Waals surface area contributed by atoms with Gasteiger partial charge in [0.2, 0.25) is 0 Å². The molecule has 0 bridgehead atoms. The van der Waals surface area contributed by atoms with Gasteiger partial charge in [0.25, 0.3) is 0 Å². The highest BCUT2D eigenvalue weighted by molar-refractivity contribution is 7.80. The summed E-state index contributed by atoms with van der Waals surface area (Å²) >= 11 is 11.1. The number of rotatable bonds is 3. The molecule has 0 amide bonds. The van der Waals surface area contributed by atoms with Crippen LogP contribution in [-0.2, 0) is 0 Å². The van der Waals surface area contributed by atoms with Crippen LogP contribution in [-0.4, -0.2) is 15.2 Å². The first-order valence-corrected chi connectivity index (χ1v) is 6.01. The molecule has 4 nitrogen and oxygen atoms in total. The fourth-order valence-electron chi connectivity index (χ4n) is 1.47. The van der Waals surface area contributed by atoms with Gasteiger partial charge in [-0.3, -0.25) is 0 Å².